The predicted molar refractivity (Wildman–Crippen MR) is 65.3 cm³/mol. The number of hydrogen-bond acceptors (Lipinski definition) is 1. The molecule has 0 spiro atoms. The van der Waals surface area contributed by atoms with E-state index in [4.69, 9.17) is 17.3 Å². The second-order valence-corrected chi connectivity index (χ2v) is 4.40. The fraction of sp³-hybridized carbons (Fsp3) is 0.333. The Morgan fingerprint density at radius 1 is 1.40 bits per heavy atom. The van der Waals surface area contributed by atoms with Crippen LogP contribution in [0.4, 0.5) is 0 Å². The molecule has 0 saturated carbocycles. The summed E-state index contributed by atoms with van der Waals surface area (Å²) in [7, 11) is 2.01. The zero-order valence-corrected chi connectivity index (χ0v) is 9.97. The van der Waals surface area contributed by atoms with Gasteiger partial charge in [-0.3, -0.25) is 0 Å². The molecule has 1 atom stereocenters. The number of fused-ring (bicyclic) bond motifs is 1. The Bertz CT molecular complexity index is 512. The lowest BCUT2D eigenvalue weighted by atomic mass is 10.1. The summed E-state index contributed by atoms with van der Waals surface area (Å²) in [6.45, 7) is 4.09. The maximum atomic E-state index is 6.19. The lowest BCUT2D eigenvalue weighted by molar-refractivity contribution is 0.720. The zero-order valence-electron chi connectivity index (χ0n) is 9.21. The first-order valence-electron chi connectivity index (χ1n) is 5.03. The summed E-state index contributed by atoms with van der Waals surface area (Å²) in [6.07, 6.45) is 0. The van der Waals surface area contributed by atoms with Crippen LogP contribution in [-0.4, -0.2) is 4.57 Å². The van der Waals surface area contributed by atoms with Gasteiger partial charge in [0.2, 0.25) is 0 Å². The third-order valence-electron chi connectivity index (χ3n) is 2.90. The van der Waals surface area contributed by atoms with Crippen LogP contribution < -0.4 is 5.73 Å². The third-order valence-corrected chi connectivity index (χ3v) is 3.21. The molecular formula is C12H15ClN2. The molecule has 1 aromatic heterocycles. The molecule has 0 bridgehead atoms. The van der Waals surface area contributed by atoms with Gasteiger partial charge < -0.3 is 10.3 Å². The number of aromatic nitrogens is 1. The average molecular weight is 223 g/mol. The smallest absolute Gasteiger partial charge is 0.0672 e. The van der Waals surface area contributed by atoms with E-state index in [0.29, 0.717) is 0 Å². The third kappa shape index (κ3) is 1.45. The van der Waals surface area contributed by atoms with Crippen molar-refractivity contribution >= 4 is 22.5 Å². The SMILES string of the molecule is Cc1c(C(C)N)n(C)c2c(Cl)cccc12. The Balaban J connectivity index is 2.92. The number of aryl methyl sites for hydroxylation is 2. The van der Waals surface area contributed by atoms with Crippen molar-refractivity contribution in [3.8, 4) is 0 Å². The fourth-order valence-corrected chi connectivity index (χ4v) is 2.62. The number of benzene rings is 1. The lowest BCUT2D eigenvalue weighted by Crippen LogP contribution is -2.11. The summed E-state index contributed by atoms with van der Waals surface area (Å²) >= 11 is 6.19. The maximum absolute atomic E-state index is 6.19. The Kier molecular flexibility index (Phi) is 2.49. The molecule has 3 heteroatoms. The van der Waals surface area contributed by atoms with Crippen molar-refractivity contribution in [1.29, 1.82) is 0 Å². The predicted octanol–water partition coefficient (Wildman–Crippen LogP) is 3.16. The zero-order chi connectivity index (χ0) is 11.2. The van der Waals surface area contributed by atoms with E-state index in [1.165, 1.54) is 10.9 Å². The normalized spacial score (nSPS) is 13.4. The molecule has 0 saturated heterocycles. The second-order valence-electron chi connectivity index (χ2n) is 3.99. The number of halogens is 1. The highest BCUT2D eigenvalue weighted by Crippen LogP contribution is 2.32. The number of hydrogen-bond donors (Lipinski definition) is 1. The van der Waals surface area contributed by atoms with Gasteiger partial charge in [0, 0.05) is 24.2 Å². The Hall–Kier alpha value is -0.990. The summed E-state index contributed by atoms with van der Waals surface area (Å²) in [5.74, 6) is 0. The summed E-state index contributed by atoms with van der Waals surface area (Å²) in [4.78, 5) is 0. The number of rotatable bonds is 1. The van der Waals surface area contributed by atoms with Crippen LogP contribution in [0.2, 0.25) is 5.02 Å². The molecule has 0 fully saturated rings. The van der Waals surface area contributed by atoms with Crippen LogP contribution in [0.25, 0.3) is 10.9 Å². The molecule has 2 nitrogen and oxygen atoms in total. The first kappa shape index (κ1) is 10.5. The van der Waals surface area contributed by atoms with Crippen molar-refractivity contribution in [2.45, 2.75) is 19.9 Å². The van der Waals surface area contributed by atoms with E-state index in [0.717, 1.165) is 16.2 Å². The number of nitrogens with zero attached hydrogens (tertiary/aromatic N) is 1. The highest BCUT2D eigenvalue weighted by Gasteiger charge is 2.15. The van der Waals surface area contributed by atoms with Crippen LogP contribution >= 0.6 is 11.6 Å². The van der Waals surface area contributed by atoms with Crippen LogP contribution in [0.3, 0.4) is 0 Å². The molecule has 0 aliphatic rings. The van der Waals surface area contributed by atoms with E-state index in [2.05, 4.69) is 17.6 Å². The van der Waals surface area contributed by atoms with Gasteiger partial charge in [0.05, 0.1) is 10.5 Å². The van der Waals surface area contributed by atoms with Crippen LogP contribution in [0, 0.1) is 6.92 Å². The minimum Gasteiger partial charge on any atom is -0.345 e. The van der Waals surface area contributed by atoms with Gasteiger partial charge in [-0.1, -0.05) is 23.7 Å². The molecule has 1 heterocycles. The molecule has 0 amide bonds. The molecule has 15 heavy (non-hydrogen) atoms. The molecule has 2 aromatic rings. The van der Waals surface area contributed by atoms with E-state index in [1.54, 1.807) is 0 Å². The van der Waals surface area contributed by atoms with Crippen molar-refractivity contribution in [1.82, 2.24) is 4.57 Å². The van der Waals surface area contributed by atoms with Crippen LogP contribution in [0.1, 0.15) is 24.2 Å². The molecule has 0 aliphatic carbocycles. The van der Waals surface area contributed by atoms with Gasteiger partial charge >= 0.3 is 0 Å². The van der Waals surface area contributed by atoms with Crippen molar-refractivity contribution in [2.24, 2.45) is 12.8 Å². The maximum Gasteiger partial charge on any atom is 0.0672 e. The van der Waals surface area contributed by atoms with Crippen LogP contribution in [0.5, 0.6) is 0 Å². The standard InChI is InChI=1S/C12H15ClN2/c1-7-9-5-4-6-10(13)12(9)15(3)11(7)8(2)14/h4-6,8H,14H2,1-3H3. The quantitative estimate of drug-likeness (QED) is 0.790. The topological polar surface area (TPSA) is 30.9 Å². The van der Waals surface area contributed by atoms with E-state index in [9.17, 15) is 0 Å². The Labute approximate surface area is 94.6 Å². The van der Waals surface area contributed by atoms with Crippen molar-refractivity contribution < 1.29 is 0 Å². The summed E-state index contributed by atoms with van der Waals surface area (Å²) in [5.41, 5.74) is 9.42. The molecule has 80 valence electrons. The molecular weight excluding hydrogens is 208 g/mol. The fourth-order valence-electron chi connectivity index (χ4n) is 2.32. The molecule has 0 aliphatic heterocycles. The second kappa shape index (κ2) is 3.54. The van der Waals surface area contributed by atoms with Gasteiger partial charge in [-0.15, -0.1) is 0 Å². The van der Waals surface area contributed by atoms with Crippen LogP contribution in [-0.2, 0) is 7.05 Å². The highest BCUT2D eigenvalue weighted by molar-refractivity contribution is 6.35. The van der Waals surface area contributed by atoms with E-state index in [-0.39, 0.29) is 6.04 Å². The van der Waals surface area contributed by atoms with Crippen molar-refractivity contribution in [3.63, 3.8) is 0 Å². The minimum atomic E-state index is 0.0264. The van der Waals surface area contributed by atoms with E-state index >= 15 is 0 Å². The largest absolute Gasteiger partial charge is 0.345 e. The monoisotopic (exact) mass is 222 g/mol. The van der Waals surface area contributed by atoms with Crippen molar-refractivity contribution in [2.75, 3.05) is 0 Å². The minimum absolute atomic E-state index is 0.0264. The molecule has 1 aromatic carbocycles. The van der Waals surface area contributed by atoms with Gasteiger partial charge in [0.15, 0.2) is 0 Å². The summed E-state index contributed by atoms with van der Waals surface area (Å²) in [6, 6.07) is 6.00. The molecule has 2 N–H and O–H groups in total. The van der Waals surface area contributed by atoms with Crippen molar-refractivity contribution in [3.05, 3.63) is 34.5 Å². The Morgan fingerprint density at radius 2 is 2.07 bits per heavy atom. The van der Waals surface area contributed by atoms with Gasteiger partial charge in [0.25, 0.3) is 0 Å². The van der Waals surface area contributed by atoms with Gasteiger partial charge in [0.1, 0.15) is 0 Å². The average Bonchev–Trinajstić information content (AvgIpc) is 2.40. The molecule has 1 unspecified atom stereocenters. The van der Waals surface area contributed by atoms with E-state index < -0.39 is 0 Å². The van der Waals surface area contributed by atoms with Gasteiger partial charge in [-0.05, 0) is 25.5 Å². The van der Waals surface area contributed by atoms with Gasteiger partial charge in [-0.2, -0.15) is 0 Å². The first-order valence-corrected chi connectivity index (χ1v) is 5.40. The van der Waals surface area contributed by atoms with Gasteiger partial charge in [-0.25, -0.2) is 0 Å². The number of nitrogens with two attached hydrogens (primary N) is 1. The molecule has 2 rings (SSSR count). The first-order chi connectivity index (χ1) is 7.04. The molecule has 0 radical (unpaired) electrons. The summed E-state index contributed by atoms with van der Waals surface area (Å²) < 4.78 is 2.09. The lowest BCUT2D eigenvalue weighted by Gasteiger charge is -2.09. The summed E-state index contributed by atoms with van der Waals surface area (Å²) in [5, 5.41) is 1.97. The number of para-hydroxylation sites is 1. The highest BCUT2D eigenvalue weighted by atomic mass is 35.5. The van der Waals surface area contributed by atoms with Crippen LogP contribution in [0.15, 0.2) is 18.2 Å². The Morgan fingerprint density at radius 3 is 2.60 bits per heavy atom. The van der Waals surface area contributed by atoms with E-state index in [1.807, 2.05) is 26.1 Å².